The number of benzene rings is 2. The molecule has 4 N–H and O–H groups in total. The van der Waals surface area contributed by atoms with Gasteiger partial charge in [0.25, 0.3) is 5.91 Å². The van der Waals surface area contributed by atoms with E-state index in [0.29, 0.717) is 37.0 Å². The zero-order valence-electron chi connectivity index (χ0n) is 19.8. The highest BCUT2D eigenvalue weighted by Gasteiger charge is 2.36. The molecule has 1 fully saturated rings. The minimum atomic E-state index is -4.58. The molecule has 194 valence electrons. The first-order valence-electron chi connectivity index (χ1n) is 11.7. The Morgan fingerprint density at radius 2 is 1.81 bits per heavy atom. The third-order valence-corrected chi connectivity index (χ3v) is 6.46. The Morgan fingerprint density at radius 3 is 2.44 bits per heavy atom. The summed E-state index contributed by atoms with van der Waals surface area (Å²) < 4.78 is 52.0. The van der Waals surface area contributed by atoms with E-state index in [-0.39, 0.29) is 17.9 Å². The number of carbonyl (C=O) groups excluding carboxylic acids is 2. The van der Waals surface area contributed by atoms with Crippen LogP contribution in [0.25, 0.3) is 0 Å². The zero-order chi connectivity index (χ0) is 26.5. The molecule has 1 aliphatic rings. The van der Waals surface area contributed by atoms with Gasteiger partial charge in [-0.2, -0.15) is 13.2 Å². The molecule has 0 aliphatic heterocycles. The fourth-order valence-corrected chi connectivity index (χ4v) is 4.48. The number of amides is 2. The standard InChI is InChI=1S/C26H29F4N3O3/c1-16(33-23(34)15-32-24(35)18-4-2-6-20(13-18)26(28,29)30)12-22(31)17-8-10-25(36,11-9-17)19-5-3-7-21(27)14-19/h2-7,13-14,16-17,31,36H,8-12,15H2,1H3,(H,32,35)(H,33,34)/t16-,17?,25?/m1/s1. The Hall–Kier alpha value is -3.27. The lowest BCUT2D eigenvalue weighted by Gasteiger charge is -2.37. The van der Waals surface area contributed by atoms with E-state index in [9.17, 15) is 32.3 Å². The molecule has 2 amide bonds. The van der Waals surface area contributed by atoms with Crippen LogP contribution in [0.3, 0.4) is 0 Å². The van der Waals surface area contributed by atoms with Gasteiger partial charge in [-0.1, -0.05) is 18.2 Å². The van der Waals surface area contributed by atoms with Gasteiger partial charge in [-0.3, -0.25) is 9.59 Å². The highest BCUT2D eigenvalue weighted by Crippen LogP contribution is 2.40. The quantitative estimate of drug-likeness (QED) is 0.311. The molecule has 6 nitrogen and oxygen atoms in total. The van der Waals surface area contributed by atoms with Crippen LogP contribution in [0, 0.1) is 17.1 Å². The second-order valence-electron chi connectivity index (χ2n) is 9.28. The van der Waals surface area contributed by atoms with Crippen LogP contribution in [-0.4, -0.2) is 35.2 Å². The van der Waals surface area contributed by atoms with E-state index < -0.39 is 47.6 Å². The summed E-state index contributed by atoms with van der Waals surface area (Å²) in [6.45, 7) is 1.30. The number of hydrogen-bond donors (Lipinski definition) is 4. The van der Waals surface area contributed by atoms with Crippen molar-refractivity contribution in [2.75, 3.05) is 6.54 Å². The van der Waals surface area contributed by atoms with E-state index in [1.165, 1.54) is 18.2 Å². The summed E-state index contributed by atoms with van der Waals surface area (Å²) in [5, 5.41) is 24.3. The van der Waals surface area contributed by atoms with Gasteiger partial charge in [0.2, 0.25) is 5.91 Å². The monoisotopic (exact) mass is 507 g/mol. The molecule has 1 atom stereocenters. The van der Waals surface area contributed by atoms with Crippen LogP contribution in [-0.2, 0) is 16.6 Å². The second kappa shape index (κ2) is 11.2. The third-order valence-electron chi connectivity index (χ3n) is 6.46. The van der Waals surface area contributed by atoms with Crippen molar-refractivity contribution in [2.24, 2.45) is 5.92 Å². The van der Waals surface area contributed by atoms with Crippen molar-refractivity contribution in [2.45, 2.75) is 56.8 Å². The number of rotatable bonds is 8. The van der Waals surface area contributed by atoms with Gasteiger partial charge in [0, 0.05) is 23.7 Å². The molecule has 1 saturated carbocycles. The number of aliphatic hydroxyl groups is 1. The summed E-state index contributed by atoms with van der Waals surface area (Å²) in [6, 6.07) is 9.42. The summed E-state index contributed by atoms with van der Waals surface area (Å²) in [7, 11) is 0. The average Bonchev–Trinajstić information content (AvgIpc) is 2.82. The molecular formula is C26H29F4N3O3. The van der Waals surface area contributed by atoms with Crippen molar-refractivity contribution in [3.05, 3.63) is 71.0 Å². The van der Waals surface area contributed by atoms with E-state index in [0.717, 1.165) is 18.2 Å². The molecule has 0 saturated heterocycles. The molecule has 0 aromatic heterocycles. The Kier molecular flexibility index (Phi) is 8.50. The largest absolute Gasteiger partial charge is 0.416 e. The zero-order valence-corrected chi connectivity index (χ0v) is 19.8. The maximum atomic E-state index is 13.5. The van der Waals surface area contributed by atoms with E-state index >= 15 is 0 Å². The van der Waals surface area contributed by atoms with Gasteiger partial charge in [0.1, 0.15) is 5.82 Å². The van der Waals surface area contributed by atoms with E-state index in [1.807, 2.05) is 0 Å². The van der Waals surface area contributed by atoms with E-state index in [2.05, 4.69) is 10.6 Å². The number of nitrogens with one attached hydrogen (secondary N) is 3. The summed E-state index contributed by atoms with van der Waals surface area (Å²) in [4.78, 5) is 24.3. The number of alkyl halides is 3. The predicted octanol–water partition coefficient (Wildman–Crippen LogP) is 4.57. The molecule has 2 aromatic carbocycles. The maximum absolute atomic E-state index is 13.5. The Morgan fingerprint density at radius 1 is 1.14 bits per heavy atom. The van der Waals surface area contributed by atoms with Gasteiger partial charge < -0.3 is 21.1 Å². The van der Waals surface area contributed by atoms with Gasteiger partial charge in [0.15, 0.2) is 0 Å². The maximum Gasteiger partial charge on any atom is 0.416 e. The van der Waals surface area contributed by atoms with Gasteiger partial charge in [-0.25, -0.2) is 4.39 Å². The first-order chi connectivity index (χ1) is 16.9. The van der Waals surface area contributed by atoms with E-state index in [1.54, 1.807) is 19.1 Å². The second-order valence-corrected chi connectivity index (χ2v) is 9.28. The summed E-state index contributed by atoms with van der Waals surface area (Å²) in [5.74, 6) is -1.81. The van der Waals surface area contributed by atoms with Crippen LogP contribution in [0.1, 0.15) is 60.5 Å². The third kappa shape index (κ3) is 7.13. The lowest BCUT2D eigenvalue weighted by atomic mass is 9.73. The molecule has 3 rings (SSSR count). The van der Waals surface area contributed by atoms with Crippen molar-refractivity contribution in [1.29, 1.82) is 5.41 Å². The SMILES string of the molecule is C[C@H](CC(=N)C1CCC(O)(c2cccc(F)c2)CC1)NC(=O)CNC(=O)c1cccc(C(F)(F)F)c1. The Labute approximate surface area is 206 Å². The van der Waals surface area contributed by atoms with Crippen LogP contribution < -0.4 is 10.6 Å². The van der Waals surface area contributed by atoms with Crippen molar-refractivity contribution in [3.8, 4) is 0 Å². The average molecular weight is 508 g/mol. The normalized spacial score (nSPS) is 20.9. The first kappa shape index (κ1) is 27.3. The number of hydrogen-bond acceptors (Lipinski definition) is 4. The van der Waals surface area contributed by atoms with Gasteiger partial charge in [-0.15, -0.1) is 0 Å². The van der Waals surface area contributed by atoms with Crippen LogP contribution in [0.4, 0.5) is 17.6 Å². The molecule has 0 radical (unpaired) electrons. The lowest BCUT2D eigenvalue weighted by molar-refractivity contribution is -0.137. The Balaban J connectivity index is 1.43. The van der Waals surface area contributed by atoms with Crippen molar-refractivity contribution in [1.82, 2.24) is 10.6 Å². The highest BCUT2D eigenvalue weighted by atomic mass is 19.4. The van der Waals surface area contributed by atoms with Crippen LogP contribution >= 0.6 is 0 Å². The van der Waals surface area contributed by atoms with Crippen LogP contribution in [0.15, 0.2) is 48.5 Å². The van der Waals surface area contributed by atoms with Crippen molar-refractivity contribution in [3.63, 3.8) is 0 Å². The van der Waals surface area contributed by atoms with Gasteiger partial charge in [-0.05, 0) is 74.4 Å². The summed E-state index contributed by atoms with van der Waals surface area (Å²) in [6.07, 6.45) is -2.41. The molecule has 0 unspecified atom stereocenters. The fraction of sp³-hybridized carbons (Fsp3) is 0.423. The smallest absolute Gasteiger partial charge is 0.385 e. The summed E-state index contributed by atoms with van der Waals surface area (Å²) >= 11 is 0. The lowest BCUT2D eigenvalue weighted by Crippen LogP contribution is -2.42. The minimum Gasteiger partial charge on any atom is -0.385 e. The molecular weight excluding hydrogens is 478 g/mol. The predicted molar refractivity (Wildman–Crippen MR) is 126 cm³/mol. The molecule has 36 heavy (non-hydrogen) atoms. The molecule has 2 aromatic rings. The molecule has 1 aliphatic carbocycles. The topological polar surface area (TPSA) is 102 Å². The number of carbonyl (C=O) groups is 2. The molecule has 0 bridgehead atoms. The van der Waals surface area contributed by atoms with Crippen LogP contribution in [0.2, 0.25) is 0 Å². The van der Waals surface area contributed by atoms with Crippen molar-refractivity contribution < 1.29 is 32.3 Å². The molecule has 0 heterocycles. The van der Waals surface area contributed by atoms with Crippen molar-refractivity contribution >= 4 is 17.5 Å². The number of halogens is 4. The minimum absolute atomic E-state index is 0.0706. The molecule has 0 spiro atoms. The van der Waals surface area contributed by atoms with Gasteiger partial charge >= 0.3 is 6.18 Å². The molecule has 10 heteroatoms. The van der Waals surface area contributed by atoms with Crippen LogP contribution in [0.5, 0.6) is 0 Å². The summed E-state index contributed by atoms with van der Waals surface area (Å²) in [5.41, 5.74) is -1.33. The van der Waals surface area contributed by atoms with E-state index in [4.69, 9.17) is 5.41 Å². The Bertz CT molecular complexity index is 1110. The highest BCUT2D eigenvalue weighted by molar-refractivity contribution is 5.96. The fourth-order valence-electron chi connectivity index (χ4n) is 4.48. The van der Waals surface area contributed by atoms with Gasteiger partial charge in [0.05, 0.1) is 17.7 Å². The first-order valence-corrected chi connectivity index (χ1v) is 11.7.